The largest absolute Gasteiger partial charge is 0.508 e. The van der Waals surface area contributed by atoms with Gasteiger partial charge >= 0.3 is 0 Å². The van der Waals surface area contributed by atoms with Crippen LogP contribution in [0.3, 0.4) is 0 Å². The van der Waals surface area contributed by atoms with Crippen molar-refractivity contribution in [2.24, 2.45) is 10.9 Å². The Morgan fingerprint density at radius 2 is 2.07 bits per heavy atom. The smallest absolute Gasteiger partial charge is 0.115 e. The van der Waals surface area contributed by atoms with Gasteiger partial charge in [0.25, 0.3) is 0 Å². The van der Waals surface area contributed by atoms with Crippen molar-refractivity contribution in [1.82, 2.24) is 0 Å². The SMILES string of the molecule is N=C(CN=Cc1ccc(O)cc1)C1CC1. The number of benzene rings is 1. The Bertz CT molecular complexity index is 377. The quantitative estimate of drug-likeness (QED) is 0.723. The number of aromatic hydroxyl groups is 1. The highest BCUT2D eigenvalue weighted by Gasteiger charge is 2.25. The summed E-state index contributed by atoms with van der Waals surface area (Å²) in [6.07, 6.45) is 4.07. The fourth-order valence-corrected chi connectivity index (χ4v) is 1.37. The van der Waals surface area contributed by atoms with E-state index in [0.717, 1.165) is 24.1 Å². The van der Waals surface area contributed by atoms with Crippen LogP contribution in [0, 0.1) is 11.3 Å². The van der Waals surface area contributed by atoms with Gasteiger partial charge in [0.05, 0.1) is 6.54 Å². The number of aliphatic imine (C=N–C) groups is 1. The summed E-state index contributed by atoms with van der Waals surface area (Å²) in [6, 6.07) is 6.88. The van der Waals surface area contributed by atoms with Gasteiger partial charge in [-0.1, -0.05) is 0 Å². The van der Waals surface area contributed by atoms with Crippen LogP contribution in [0.1, 0.15) is 18.4 Å². The van der Waals surface area contributed by atoms with Crippen molar-refractivity contribution in [2.75, 3.05) is 6.54 Å². The number of hydrogen-bond donors (Lipinski definition) is 2. The number of nitrogens with one attached hydrogen (secondary N) is 1. The second-order valence-electron chi connectivity index (χ2n) is 3.86. The van der Waals surface area contributed by atoms with Gasteiger partial charge in [-0.25, -0.2) is 0 Å². The zero-order valence-corrected chi connectivity index (χ0v) is 8.48. The lowest BCUT2D eigenvalue weighted by molar-refractivity contribution is 0.475. The van der Waals surface area contributed by atoms with Crippen molar-refractivity contribution in [3.63, 3.8) is 0 Å². The molecule has 0 saturated heterocycles. The van der Waals surface area contributed by atoms with Crippen LogP contribution >= 0.6 is 0 Å². The van der Waals surface area contributed by atoms with Gasteiger partial charge in [-0.15, -0.1) is 0 Å². The number of phenols is 1. The van der Waals surface area contributed by atoms with E-state index in [1.807, 2.05) is 0 Å². The maximum absolute atomic E-state index is 9.07. The molecular formula is C12H14N2O. The Morgan fingerprint density at radius 3 is 2.67 bits per heavy atom. The molecule has 3 nitrogen and oxygen atoms in total. The Hall–Kier alpha value is -1.64. The van der Waals surface area contributed by atoms with Crippen molar-refractivity contribution in [2.45, 2.75) is 12.8 Å². The molecule has 0 heterocycles. The number of rotatable bonds is 4. The average Bonchev–Trinajstić information content (AvgIpc) is 3.04. The van der Waals surface area contributed by atoms with E-state index in [4.69, 9.17) is 10.5 Å². The van der Waals surface area contributed by atoms with E-state index >= 15 is 0 Å². The molecule has 0 radical (unpaired) electrons. The maximum atomic E-state index is 9.07. The first-order chi connectivity index (χ1) is 7.25. The van der Waals surface area contributed by atoms with E-state index in [9.17, 15) is 0 Å². The van der Waals surface area contributed by atoms with Crippen LogP contribution in [0.2, 0.25) is 0 Å². The van der Waals surface area contributed by atoms with Gasteiger partial charge in [0.15, 0.2) is 0 Å². The highest BCUT2D eigenvalue weighted by Crippen LogP contribution is 2.29. The van der Waals surface area contributed by atoms with Crippen LogP contribution in [-0.4, -0.2) is 23.6 Å². The highest BCUT2D eigenvalue weighted by molar-refractivity contribution is 5.90. The summed E-state index contributed by atoms with van der Waals surface area (Å²) in [5.41, 5.74) is 1.70. The Labute approximate surface area is 89.0 Å². The van der Waals surface area contributed by atoms with Crippen molar-refractivity contribution < 1.29 is 5.11 Å². The standard InChI is InChI=1S/C12H14N2O/c13-12(10-3-4-10)8-14-7-9-1-5-11(15)6-2-9/h1-2,5-7,10,13,15H,3-4,8H2. The van der Waals surface area contributed by atoms with Gasteiger partial charge in [-0.2, -0.15) is 0 Å². The lowest BCUT2D eigenvalue weighted by atomic mass is 10.2. The third-order valence-electron chi connectivity index (χ3n) is 2.47. The van der Waals surface area contributed by atoms with Gasteiger partial charge in [-0.3, -0.25) is 4.99 Å². The normalized spacial score (nSPS) is 15.7. The molecule has 0 spiro atoms. The predicted molar refractivity (Wildman–Crippen MR) is 61.0 cm³/mol. The van der Waals surface area contributed by atoms with E-state index in [-0.39, 0.29) is 5.75 Å². The minimum atomic E-state index is 0.262. The van der Waals surface area contributed by atoms with Crippen LogP contribution in [0.5, 0.6) is 5.75 Å². The summed E-state index contributed by atoms with van der Waals surface area (Å²) in [5, 5.41) is 16.7. The van der Waals surface area contributed by atoms with E-state index in [1.54, 1.807) is 30.5 Å². The summed E-state index contributed by atoms with van der Waals surface area (Å²) in [5.74, 6) is 0.764. The molecule has 15 heavy (non-hydrogen) atoms. The molecule has 2 N–H and O–H groups in total. The molecular weight excluding hydrogens is 188 g/mol. The summed E-state index contributed by atoms with van der Waals surface area (Å²) >= 11 is 0. The molecule has 1 aromatic carbocycles. The summed E-state index contributed by atoms with van der Waals surface area (Å²) in [6.45, 7) is 0.505. The molecule has 2 rings (SSSR count). The monoisotopic (exact) mass is 202 g/mol. The van der Waals surface area contributed by atoms with Gasteiger partial charge in [0.1, 0.15) is 5.75 Å². The average molecular weight is 202 g/mol. The van der Waals surface area contributed by atoms with Gasteiger partial charge in [0.2, 0.25) is 0 Å². The summed E-state index contributed by atoms with van der Waals surface area (Å²) < 4.78 is 0. The zero-order valence-electron chi connectivity index (χ0n) is 8.48. The third kappa shape index (κ3) is 2.91. The van der Waals surface area contributed by atoms with Crippen LogP contribution in [0.25, 0.3) is 0 Å². The van der Waals surface area contributed by atoms with Crippen LogP contribution < -0.4 is 0 Å². The van der Waals surface area contributed by atoms with Crippen molar-refractivity contribution >= 4 is 11.9 Å². The first kappa shape index (κ1) is 9.90. The molecule has 0 bridgehead atoms. The Balaban J connectivity index is 1.87. The molecule has 0 atom stereocenters. The predicted octanol–water partition coefficient (Wildman–Crippen LogP) is 2.24. The van der Waals surface area contributed by atoms with E-state index < -0.39 is 0 Å². The highest BCUT2D eigenvalue weighted by atomic mass is 16.3. The number of phenolic OH excluding ortho intramolecular Hbond substituents is 1. The molecule has 0 aromatic heterocycles. The lowest BCUT2D eigenvalue weighted by Gasteiger charge is -1.96. The second-order valence-corrected chi connectivity index (χ2v) is 3.86. The van der Waals surface area contributed by atoms with E-state index in [1.165, 1.54) is 0 Å². The summed E-state index contributed by atoms with van der Waals surface area (Å²) in [7, 11) is 0. The molecule has 1 aromatic rings. The van der Waals surface area contributed by atoms with Crippen molar-refractivity contribution in [3.05, 3.63) is 29.8 Å². The second kappa shape index (κ2) is 4.26. The molecule has 0 aliphatic heterocycles. The third-order valence-corrected chi connectivity index (χ3v) is 2.47. The molecule has 1 aliphatic rings. The van der Waals surface area contributed by atoms with E-state index in [0.29, 0.717) is 12.5 Å². The summed E-state index contributed by atoms with van der Waals surface area (Å²) in [4.78, 5) is 4.20. The van der Waals surface area contributed by atoms with Gasteiger partial charge in [0, 0.05) is 11.9 Å². The van der Waals surface area contributed by atoms with Gasteiger partial charge < -0.3 is 10.5 Å². The number of hydrogen-bond acceptors (Lipinski definition) is 3. The molecule has 1 aliphatic carbocycles. The molecule has 1 fully saturated rings. The fraction of sp³-hybridized carbons (Fsp3) is 0.333. The Morgan fingerprint density at radius 1 is 1.40 bits per heavy atom. The minimum Gasteiger partial charge on any atom is -0.508 e. The van der Waals surface area contributed by atoms with Crippen LogP contribution in [0.4, 0.5) is 0 Å². The fourth-order valence-electron chi connectivity index (χ4n) is 1.37. The maximum Gasteiger partial charge on any atom is 0.115 e. The topological polar surface area (TPSA) is 56.4 Å². The zero-order chi connectivity index (χ0) is 10.7. The van der Waals surface area contributed by atoms with E-state index in [2.05, 4.69) is 4.99 Å². The van der Waals surface area contributed by atoms with Crippen molar-refractivity contribution in [1.29, 1.82) is 5.41 Å². The van der Waals surface area contributed by atoms with Crippen molar-refractivity contribution in [3.8, 4) is 5.75 Å². The molecule has 0 amide bonds. The first-order valence-electron chi connectivity index (χ1n) is 5.12. The van der Waals surface area contributed by atoms with Crippen LogP contribution in [0.15, 0.2) is 29.3 Å². The molecule has 0 unspecified atom stereocenters. The Kier molecular flexibility index (Phi) is 2.81. The molecule has 78 valence electrons. The molecule has 3 heteroatoms. The van der Waals surface area contributed by atoms with Crippen LogP contribution in [-0.2, 0) is 0 Å². The minimum absolute atomic E-state index is 0.262. The van der Waals surface area contributed by atoms with Gasteiger partial charge in [-0.05, 0) is 48.6 Å². The lowest BCUT2D eigenvalue weighted by Crippen LogP contribution is -2.03. The molecule has 1 saturated carbocycles. The first-order valence-corrected chi connectivity index (χ1v) is 5.12. The number of nitrogens with zero attached hydrogens (tertiary/aromatic N) is 1.